The molecule has 2 bridgehead atoms. The van der Waals surface area contributed by atoms with Gasteiger partial charge in [-0.25, -0.2) is 4.79 Å². The maximum absolute atomic E-state index is 10.8. The molecular weight excluding hydrogens is 176 g/mol. The van der Waals surface area contributed by atoms with Gasteiger partial charge in [0.2, 0.25) is 0 Å². The van der Waals surface area contributed by atoms with E-state index in [2.05, 4.69) is 0 Å². The van der Waals surface area contributed by atoms with Crippen LogP contribution in [0.4, 0.5) is 0 Å². The Morgan fingerprint density at radius 2 is 2.08 bits per heavy atom. The van der Waals surface area contributed by atoms with Crippen molar-refractivity contribution < 1.29 is 24.5 Å². The molecule has 0 aromatic rings. The summed E-state index contributed by atoms with van der Waals surface area (Å²) in [5, 5.41) is 17.6. The minimum absolute atomic E-state index is 0.113. The smallest absolute Gasteiger partial charge is 0.336 e. The van der Waals surface area contributed by atoms with Gasteiger partial charge in [0.15, 0.2) is 5.60 Å². The molecule has 13 heavy (non-hydrogen) atoms. The molecule has 2 rings (SSSR count). The van der Waals surface area contributed by atoms with E-state index in [0.29, 0.717) is 12.8 Å². The van der Waals surface area contributed by atoms with Crippen LogP contribution in [-0.4, -0.2) is 33.9 Å². The molecule has 2 heterocycles. The summed E-state index contributed by atoms with van der Waals surface area (Å²) in [6, 6.07) is 0. The fourth-order valence-corrected chi connectivity index (χ4v) is 2.19. The van der Waals surface area contributed by atoms with Gasteiger partial charge in [0.25, 0.3) is 0 Å². The summed E-state index contributed by atoms with van der Waals surface area (Å²) in [7, 11) is 0. The maximum Gasteiger partial charge on any atom is 0.336 e. The second-order valence-corrected chi connectivity index (χ2v) is 3.64. The molecule has 0 aliphatic carbocycles. The average Bonchev–Trinajstić information content (AvgIpc) is 2.60. The molecule has 0 saturated carbocycles. The predicted molar refractivity (Wildman–Crippen MR) is 40.2 cm³/mol. The highest BCUT2D eigenvalue weighted by Gasteiger charge is 2.58. The molecule has 2 fully saturated rings. The Bertz CT molecular complexity index is 274. The summed E-state index contributed by atoms with van der Waals surface area (Å²) in [6.45, 7) is 0. The Kier molecular flexibility index (Phi) is 1.60. The van der Waals surface area contributed by atoms with Crippen molar-refractivity contribution in [2.24, 2.45) is 5.92 Å². The lowest BCUT2D eigenvalue weighted by molar-refractivity contribution is -0.158. The lowest BCUT2D eigenvalue weighted by Gasteiger charge is -2.20. The molecule has 5 nitrogen and oxygen atoms in total. The highest BCUT2D eigenvalue weighted by atomic mass is 16.6. The van der Waals surface area contributed by atoms with Crippen molar-refractivity contribution >= 4 is 11.9 Å². The molecule has 0 aromatic heterocycles. The largest absolute Gasteiger partial charge is 0.481 e. The lowest BCUT2D eigenvalue weighted by atomic mass is 9.81. The van der Waals surface area contributed by atoms with Crippen molar-refractivity contribution in [2.45, 2.75) is 31.0 Å². The first-order valence-corrected chi connectivity index (χ1v) is 4.19. The summed E-state index contributed by atoms with van der Waals surface area (Å²) in [5.41, 5.74) is -1.20. The van der Waals surface area contributed by atoms with Gasteiger partial charge in [-0.2, -0.15) is 0 Å². The van der Waals surface area contributed by atoms with Gasteiger partial charge >= 0.3 is 11.9 Å². The van der Waals surface area contributed by atoms with Gasteiger partial charge in [-0.1, -0.05) is 0 Å². The molecule has 2 aliphatic rings. The van der Waals surface area contributed by atoms with Crippen LogP contribution >= 0.6 is 0 Å². The van der Waals surface area contributed by atoms with Gasteiger partial charge < -0.3 is 14.9 Å². The van der Waals surface area contributed by atoms with Crippen molar-refractivity contribution in [3.63, 3.8) is 0 Å². The first kappa shape index (κ1) is 8.50. The Labute approximate surface area is 74.3 Å². The van der Waals surface area contributed by atoms with E-state index in [-0.39, 0.29) is 6.42 Å². The van der Waals surface area contributed by atoms with Gasteiger partial charge in [-0.15, -0.1) is 0 Å². The lowest BCUT2D eigenvalue weighted by Crippen LogP contribution is -2.37. The number of aliphatic carboxylic acids is 2. The standard InChI is InChI=1S/C8H10O5/c9-6(10)4-3-8(7(11)12)2-1-5(4)13-8/h4-5H,1-3H2,(H,9,10)(H,11,12)/t4-,5?,8-/m0/s1. The molecule has 72 valence electrons. The van der Waals surface area contributed by atoms with Crippen LogP contribution in [0.5, 0.6) is 0 Å². The van der Waals surface area contributed by atoms with E-state index in [0.717, 1.165) is 0 Å². The molecule has 2 N–H and O–H groups in total. The third kappa shape index (κ3) is 1.03. The number of ether oxygens (including phenoxy) is 1. The second-order valence-electron chi connectivity index (χ2n) is 3.64. The number of rotatable bonds is 2. The van der Waals surface area contributed by atoms with Crippen molar-refractivity contribution in [1.29, 1.82) is 0 Å². The third-order valence-electron chi connectivity index (χ3n) is 2.92. The maximum atomic E-state index is 10.8. The molecule has 2 aliphatic heterocycles. The zero-order valence-electron chi connectivity index (χ0n) is 6.90. The normalized spacial score (nSPS) is 42.2. The minimum atomic E-state index is -1.20. The van der Waals surface area contributed by atoms with E-state index in [9.17, 15) is 9.59 Å². The summed E-state index contributed by atoms with van der Waals surface area (Å²) < 4.78 is 5.21. The Morgan fingerprint density at radius 3 is 2.46 bits per heavy atom. The van der Waals surface area contributed by atoms with Crippen LogP contribution in [0, 0.1) is 5.92 Å². The highest BCUT2D eigenvalue weighted by molar-refractivity contribution is 5.81. The van der Waals surface area contributed by atoms with E-state index < -0.39 is 29.6 Å². The third-order valence-corrected chi connectivity index (χ3v) is 2.92. The van der Waals surface area contributed by atoms with Crippen LogP contribution in [0.1, 0.15) is 19.3 Å². The molecule has 2 saturated heterocycles. The summed E-state index contributed by atoms with van der Waals surface area (Å²) in [6.07, 6.45) is 0.705. The predicted octanol–water partition coefficient (Wildman–Crippen LogP) is 0.0933. The van der Waals surface area contributed by atoms with Crippen LogP contribution in [0.15, 0.2) is 0 Å². The summed E-state index contributed by atoms with van der Waals surface area (Å²) in [4.78, 5) is 21.5. The van der Waals surface area contributed by atoms with Crippen LogP contribution in [0.25, 0.3) is 0 Å². The number of hydrogen-bond donors (Lipinski definition) is 2. The molecule has 3 atom stereocenters. The molecule has 5 heteroatoms. The van der Waals surface area contributed by atoms with Gasteiger partial charge in [0, 0.05) is 6.42 Å². The van der Waals surface area contributed by atoms with Crippen molar-refractivity contribution in [2.75, 3.05) is 0 Å². The Hall–Kier alpha value is -1.10. The van der Waals surface area contributed by atoms with Gasteiger partial charge in [0.05, 0.1) is 12.0 Å². The molecule has 0 radical (unpaired) electrons. The van der Waals surface area contributed by atoms with Crippen LogP contribution < -0.4 is 0 Å². The Balaban J connectivity index is 2.22. The van der Waals surface area contributed by atoms with E-state index >= 15 is 0 Å². The number of carboxylic acids is 2. The van der Waals surface area contributed by atoms with Crippen molar-refractivity contribution in [1.82, 2.24) is 0 Å². The highest BCUT2D eigenvalue weighted by Crippen LogP contribution is 2.47. The first-order valence-electron chi connectivity index (χ1n) is 4.19. The number of carbonyl (C=O) groups is 2. The zero-order valence-corrected chi connectivity index (χ0v) is 6.90. The second kappa shape index (κ2) is 2.45. The van der Waals surface area contributed by atoms with Gasteiger partial charge in [0.1, 0.15) is 0 Å². The number of hydrogen-bond acceptors (Lipinski definition) is 3. The number of fused-ring (bicyclic) bond motifs is 2. The van der Waals surface area contributed by atoms with Crippen molar-refractivity contribution in [3.8, 4) is 0 Å². The Morgan fingerprint density at radius 1 is 1.38 bits per heavy atom. The monoisotopic (exact) mass is 186 g/mol. The molecule has 0 amide bonds. The van der Waals surface area contributed by atoms with Gasteiger partial charge in [-0.05, 0) is 12.8 Å². The van der Waals surface area contributed by atoms with E-state index in [1.807, 2.05) is 0 Å². The van der Waals surface area contributed by atoms with E-state index in [4.69, 9.17) is 14.9 Å². The fraction of sp³-hybridized carbons (Fsp3) is 0.750. The quantitative estimate of drug-likeness (QED) is 0.638. The van der Waals surface area contributed by atoms with E-state index in [1.54, 1.807) is 0 Å². The first-order chi connectivity index (χ1) is 6.05. The molecule has 0 spiro atoms. The van der Waals surface area contributed by atoms with Gasteiger partial charge in [-0.3, -0.25) is 4.79 Å². The molecular formula is C8H10O5. The zero-order chi connectivity index (χ0) is 9.64. The van der Waals surface area contributed by atoms with Crippen LogP contribution in [-0.2, 0) is 14.3 Å². The van der Waals surface area contributed by atoms with Crippen LogP contribution in [0.3, 0.4) is 0 Å². The van der Waals surface area contributed by atoms with Crippen molar-refractivity contribution in [3.05, 3.63) is 0 Å². The van der Waals surface area contributed by atoms with Crippen LogP contribution in [0.2, 0.25) is 0 Å². The fourth-order valence-electron chi connectivity index (χ4n) is 2.19. The molecule has 0 aromatic carbocycles. The van der Waals surface area contributed by atoms with E-state index in [1.165, 1.54) is 0 Å². The summed E-state index contributed by atoms with van der Waals surface area (Å²) >= 11 is 0. The average molecular weight is 186 g/mol. The summed E-state index contributed by atoms with van der Waals surface area (Å²) in [5.74, 6) is -2.61. The molecule has 1 unspecified atom stereocenters. The number of carboxylic acid groups (broad SMARTS) is 2. The minimum Gasteiger partial charge on any atom is -0.481 e. The SMILES string of the molecule is O=C(O)[C@H]1C[C@]2(C(=O)O)CCC1O2. The topological polar surface area (TPSA) is 83.8 Å².